The minimum Gasteiger partial charge on any atom is -0.450 e. The second-order valence-electron chi connectivity index (χ2n) is 10.8. The first-order valence-corrected chi connectivity index (χ1v) is 14.1. The van der Waals surface area contributed by atoms with Gasteiger partial charge in [-0.1, -0.05) is 64.1 Å². The monoisotopic (exact) mass is 568 g/mol. The van der Waals surface area contributed by atoms with Crippen molar-refractivity contribution in [1.29, 1.82) is 0 Å². The van der Waals surface area contributed by atoms with Crippen molar-refractivity contribution < 1.29 is 19.1 Å². The van der Waals surface area contributed by atoms with Gasteiger partial charge in [-0.15, -0.1) is 0 Å². The van der Waals surface area contributed by atoms with E-state index in [9.17, 15) is 14.4 Å². The average Bonchev–Trinajstić information content (AvgIpc) is 2.93. The van der Waals surface area contributed by atoms with Gasteiger partial charge in [-0.2, -0.15) is 0 Å². The maximum atomic E-state index is 13.1. The molecule has 0 atom stereocenters. The quantitative estimate of drug-likeness (QED) is 0.179. The Morgan fingerprint density at radius 1 is 0.881 bits per heavy atom. The molecule has 8 nitrogen and oxygen atoms in total. The summed E-state index contributed by atoms with van der Waals surface area (Å²) < 4.78 is 4.94. The van der Waals surface area contributed by atoms with E-state index in [0.29, 0.717) is 34.7 Å². The molecule has 0 heterocycles. The number of nitrogens with zero attached hydrogens (tertiary/aromatic N) is 1. The zero-order valence-electron chi connectivity index (χ0n) is 25.4. The van der Waals surface area contributed by atoms with Gasteiger partial charge in [-0.05, 0) is 73.2 Å². The average molecular weight is 569 g/mol. The highest BCUT2D eigenvalue weighted by molar-refractivity contribution is 6.43. The number of amidine groups is 1. The first-order valence-electron chi connectivity index (χ1n) is 14.1. The van der Waals surface area contributed by atoms with Gasteiger partial charge in [0.05, 0.1) is 12.3 Å². The molecule has 3 N–H and O–H groups in total. The predicted octanol–water partition coefficient (Wildman–Crippen LogP) is 7.96. The van der Waals surface area contributed by atoms with Crippen LogP contribution in [0.15, 0.2) is 77.8 Å². The number of anilines is 3. The van der Waals surface area contributed by atoms with Gasteiger partial charge >= 0.3 is 6.09 Å². The van der Waals surface area contributed by atoms with E-state index in [-0.39, 0.29) is 29.5 Å². The van der Waals surface area contributed by atoms with Gasteiger partial charge in [0, 0.05) is 35.1 Å². The molecular formula is C34H40N4O4. The van der Waals surface area contributed by atoms with Crippen molar-refractivity contribution in [3.8, 4) is 0 Å². The number of Topliss-reactive ketones (excluding diaryl/α,β-unsaturated/α-hetero) is 1. The first kappa shape index (κ1) is 31.8. The van der Waals surface area contributed by atoms with Crippen molar-refractivity contribution in [3.05, 3.63) is 95.1 Å². The topological polar surface area (TPSA) is 109 Å². The van der Waals surface area contributed by atoms with Crippen LogP contribution in [0.1, 0.15) is 75.0 Å². The fraction of sp³-hybridized carbons (Fsp3) is 0.294. The number of ketones is 1. The molecule has 0 aliphatic rings. The number of rotatable bonds is 9. The van der Waals surface area contributed by atoms with Crippen LogP contribution in [0.5, 0.6) is 0 Å². The number of allylic oxidation sites excluding steroid dienone is 1. The smallest absolute Gasteiger partial charge is 0.411 e. The van der Waals surface area contributed by atoms with Crippen molar-refractivity contribution in [2.24, 2.45) is 4.99 Å². The molecule has 0 aromatic heterocycles. The zero-order valence-corrected chi connectivity index (χ0v) is 25.4. The molecule has 0 aliphatic carbocycles. The van der Waals surface area contributed by atoms with Crippen LogP contribution < -0.4 is 16.0 Å². The lowest BCUT2D eigenvalue weighted by molar-refractivity contribution is -0.111. The molecule has 0 aliphatic heterocycles. The molecule has 3 aromatic rings. The Morgan fingerprint density at radius 3 is 2.12 bits per heavy atom. The number of carbonyl (C=O) groups is 3. The SMILES string of the molecule is CC/C=C(\N=C(Nc1cccc(NC(=O)OCC)c1)C(C)=O)c1cccc(NC(=O)c2ccc(C(C)(C)C)cc2)c1C. The number of hydrogen-bond acceptors (Lipinski definition) is 5. The van der Waals surface area contributed by atoms with Gasteiger partial charge in [-0.25, -0.2) is 9.79 Å². The summed E-state index contributed by atoms with van der Waals surface area (Å²) in [5.41, 5.74) is 5.67. The van der Waals surface area contributed by atoms with E-state index in [1.165, 1.54) is 6.92 Å². The third kappa shape index (κ3) is 8.64. The standard InChI is InChI=1S/C34H40N4O4/c1-8-12-30(37-31(23(4)39)35-26-13-10-14-27(21-26)36-33(41)42-9-2)28-15-11-16-29(22(28)3)38-32(40)24-17-19-25(20-18-24)34(5,6)7/h10-21H,8-9H2,1-7H3,(H,35,37)(H,36,41)(H,38,40)/b30-12-. The van der Waals surface area contributed by atoms with Crippen LogP contribution in [-0.2, 0) is 14.9 Å². The van der Waals surface area contributed by atoms with Crippen LogP contribution in [0.2, 0.25) is 0 Å². The fourth-order valence-electron chi connectivity index (χ4n) is 4.19. The van der Waals surface area contributed by atoms with E-state index in [0.717, 1.165) is 16.7 Å². The van der Waals surface area contributed by atoms with E-state index >= 15 is 0 Å². The van der Waals surface area contributed by atoms with Crippen molar-refractivity contribution >= 4 is 46.4 Å². The molecule has 0 radical (unpaired) electrons. The Kier molecular flexibility index (Phi) is 10.8. The lowest BCUT2D eigenvalue weighted by atomic mass is 9.86. The highest BCUT2D eigenvalue weighted by Gasteiger charge is 2.17. The predicted molar refractivity (Wildman–Crippen MR) is 171 cm³/mol. The summed E-state index contributed by atoms with van der Waals surface area (Å²) in [4.78, 5) is 42.3. The molecule has 2 amide bonds. The molecule has 0 saturated heterocycles. The van der Waals surface area contributed by atoms with E-state index < -0.39 is 6.09 Å². The minimum absolute atomic E-state index is 0.00162. The lowest BCUT2D eigenvalue weighted by Gasteiger charge is -2.19. The molecule has 0 bridgehead atoms. The molecule has 0 saturated carbocycles. The molecule has 220 valence electrons. The van der Waals surface area contributed by atoms with Crippen LogP contribution >= 0.6 is 0 Å². The number of benzene rings is 3. The van der Waals surface area contributed by atoms with Crippen LogP contribution in [0.3, 0.4) is 0 Å². The van der Waals surface area contributed by atoms with Crippen LogP contribution in [0, 0.1) is 6.92 Å². The van der Waals surface area contributed by atoms with E-state index in [1.807, 2.05) is 62.4 Å². The molecule has 3 aromatic carbocycles. The van der Waals surface area contributed by atoms with Crippen LogP contribution in [0.4, 0.5) is 21.9 Å². The fourth-order valence-corrected chi connectivity index (χ4v) is 4.19. The van der Waals surface area contributed by atoms with Crippen LogP contribution in [0.25, 0.3) is 5.70 Å². The number of carbonyl (C=O) groups excluding carboxylic acids is 3. The van der Waals surface area contributed by atoms with Gasteiger partial charge in [0.1, 0.15) is 0 Å². The highest BCUT2D eigenvalue weighted by Crippen LogP contribution is 2.28. The molecule has 0 spiro atoms. The van der Waals surface area contributed by atoms with Gasteiger partial charge in [0.2, 0.25) is 0 Å². The summed E-state index contributed by atoms with van der Waals surface area (Å²) in [7, 11) is 0. The summed E-state index contributed by atoms with van der Waals surface area (Å²) in [5.74, 6) is -0.333. The highest BCUT2D eigenvalue weighted by atomic mass is 16.5. The van der Waals surface area contributed by atoms with Crippen LogP contribution in [-0.4, -0.2) is 30.2 Å². The minimum atomic E-state index is -0.562. The normalized spacial score (nSPS) is 12.0. The van der Waals surface area contributed by atoms with Gasteiger partial charge < -0.3 is 15.4 Å². The molecule has 42 heavy (non-hydrogen) atoms. The largest absolute Gasteiger partial charge is 0.450 e. The molecule has 3 rings (SSSR count). The molecule has 0 fully saturated rings. The lowest BCUT2D eigenvalue weighted by Crippen LogP contribution is -2.21. The number of hydrogen-bond donors (Lipinski definition) is 3. The number of amides is 2. The summed E-state index contributed by atoms with van der Waals surface area (Å²) in [6.07, 6.45) is 2.05. The maximum absolute atomic E-state index is 13.1. The van der Waals surface area contributed by atoms with E-state index in [1.54, 1.807) is 31.2 Å². The Labute approximate surface area is 248 Å². The summed E-state index contributed by atoms with van der Waals surface area (Å²) >= 11 is 0. The second-order valence-corrected chi connectivity index (χ2v) is 10.8. The van der Waals surface area contributed by atoms with E-state index in [2.05, 4.69) is 36.7 Å². The van der Waals surface area contributed by atoms with E-state index in [4.69, 9.17) is 9.73 Å². The summed E-state index contributed by atoms with van der Waals surface area (Å²) in [6.45, 7) is 13.7. The third-order valence-electron chi connectivity index (χ3n) is 6.48. The molecule has 0 unspecified atom stereocenters. The van der Waals surface area contributed by atoms with Crippen molar-refractivity contribution in [2.75, 3.05) is 22.6 Å². The number of aliphatic imine (C=N–C) groups is 1. The molecule has 8 heteroatoms. The van der Waals surface area contributed by atoms with Gasteiger partial charge in [0.15, 0.2) is 11.6 Å². The Balaban J connectivity index is 1.88. The Hall–Kier alpha value is -4.72. The third-order valence-corrected chi connectivity index (χ3v) is 6.48. The Morgan fingerprint density at radius 2 is 1.52 bits per heavy atom. The Bertz CT molecular complexity index is 1500. The first-order chi connectivity index (χ1) is 19.9. The van der Waals surface area contributed by atoms with Crippen molar-refractivity contribution in [3.63, 3.8) is 0 Å². The van der Waals surface area contributed by atoms with Gasteiger partial charge in [0.25, 0.3) is 5.91 Å². The van der Waals surface area contributed by atoms with Crippen molar-refractivity contribution in [1.82, 2.24) is 0 Å². The number of nitrogens with one attached hydrogen (secondary N) is 3. The summed E-state index contributed by atoms with van der Waals surface area (Å²) in [5, 5.41) is 8.76. The zero-order chi connectivity index (χ0) is 30.9. The summed E-state index contributed by atoms with van der Waals surface area (Å²) in [6, 6.07) is 20.2. The van der Waals surface area contributed by atoms with Gasteiger partial charge in [-0.3, -0.25) is 14.9 Å². The maximum Gasteiger partial charge on any atom is 0.411 e. The number of ether oxygens (including phenoxy) is 1. The van der Waals surface area contributed by atoms with Crippen molar-refractivity contribution in [2.45, 2.75) is 60.3 Å². The molecular weight excluding hydrogens is 528 g/mol. The second kappa shape index (κ2) is 14.3.